The number of thiocarbonyl (C=S) groups is 1. The van der Waals surface area contributed by atoms with E-state index in [4.69, 9.17) is 12.2 Å². The Morgan fingerprint density at radius 1 is 1.42 bits per heavy atom. The van der Waals surface area contributed by atoms with E-state index in [0.717, 1.165) is 31.3 Å². The van der Waals surface area contributed by atoms with Crippen molar-refractivity contribution in [2.45, 2.75) is 25.8 Å². The number of aromatic nitrogens is 1. The molecular formula is C14H19N3OS. The molecule has 19 heavy (non-hydrogen) atoms. The number of hydrogen-bond acceptors (Lipinski definition) is 2. The Bertz CT molecular complexity index is 554. The minimum Gasteiger partial charge on any atom is -0.363 e. The average molecular weight is 277 g/mol. The monoisotopic (exact) mass is 277 g/mol. The van der Waals surface area contributed by atoms with Crippen molar-refractivity contribution in [1.82, 2.24) is 14.8 Å². The Hall–Kier alpha value is -1.36. The summed E-state index contributed by atoms with van der Waals surface area (Å²) in [6, 6.07) is 5.61. The molecule has 2 aliphatic rings. The van der Waals surface area contributed by atoms with Crippen molar-refractivity contribution < 1.29 is 0 Å². The van der Waals surface area contributed by atoms with E-state index in [1.165, 1.54) is 12.1 Å². The van der Waals surface area contributed by atoms with Crippen molar-refractivity contribution in [2.24, 2.45) is 5.92 Å². The summed E-state index contributed by atoms with van der Waals surface area (Å²) >= 11 is 5.42. The summed E-state index contributed by atoms with van der Waals surface area (Å²) in [6.45, 7) is 5.64. The Morgan fingerprint density at radius 2 is 2.26 bits per heavy atom. The molecule has 2 aliphatic heterocycles. The second-order valence-corrected chi connectivity index (χ2v) is 5.83. The molecule has 1 fully saturated rings. The number of pyridine rings is 1. The van der Waals surface area contributed by atoms with Gasteiger partial charge in [-0.1, -0.05) is 6.07 Å². The van der Waals surface area contributed by atoms with E-state index in [1.807, 2.05) is 10.6 Å². The van der Waals surface area contributed by atoms with Crippen LogP contribution in [0, 0.1) is 5.92 Å². The number of likely N-dealkylation sites (tertiary alicyclic amines) is 1. The van der Waals surface area contributed by atoms with Crippen LogP contribution in [-0.2, 0) is 6.54 Å². The predicted molar refractivity (Wildman–Crippen MR) is 79.4 cm³/mol. The molecule has 1 aromatic rings. The standard InChI is InChI=1S/C14H19N3OS/c1-2-15-14(19)16-7-10-6-11(9-16)12-4-3-5-13(18)17(12)8-10/h3-5,10-11H,2,6-9H2,1H3,(H,15,19)/t10-,11+/m0/s1. The van der Waals surface area contributed by atoms with Gasteiger partial charge >= 0.3 is 0 Å². The maximum absolute atomic E-state index is 11.9. The van der Waals surface area contributed by atoms with Crippen LogP contribution in [0.3, 0.4) is 0 Å². The summed E-state index contributed by atoms with van der Waals surface area (Å²) in [5, 5.41) is 4.08. The van der Waals surface area contributed by atoms with Gasteiger partial charge in [-0.2, -0.15) is 0 Å². The Balaban J connectivity index is 1.88. The minimum atomic E-state index is 0.134. The van der Waals surface area contributed by atoms with Crippen LogP contribution in [0.5, 0.6) is 0 Å². The minimum absolute atomic E-state index is 0.134. The van der Waals surface area contributed by atoms with E-state index < -0.39 is 0 Å². The first kappa shape index (κ1) is 12.7. The van der Waals surface area contributed by atoms with Crippen LogP contribution in [0.4, 0.5) is 0 Å². The summed E-state index contributed by atoms with van der Waals surface area (Å²) in [6.07, 6.45) is 1.18. The van der Waals surface area contributed by atoms with E-state index in [-0.39, 0.29) is 5.56 Å². The van der Waals surface area contributed by atoms with E-state index in [9.17, 15) is 4.79 Å². The largest absolute Gasteiger partial charge is 0.363 e. The molecule has 0 saturated carbocycles. The molecule has 3 heterocycles. The van der Waals surface area contributed by atoms with Crippen LogP contribution in [0.1, 0.15) is 25.0 Å². The first-order chi connectivity index (χ1) is 9.19. The Kier molecular flexibility index (Phi) is 3.31. The van der Waals surface area contributed by atoms with E-state index in [0.29, 0.717) is 11.8 Å². The molecule has 1 saturated heterocycles. The first-order valence-electron chi connectivity index (χ1n) is 6.91. The van der Waals surface area contributed by atoms with Crippen LogP contribution < -0.4 is 10.9 Å². The van der Waals surface area contributed by atoms with Gasteiger partial charge in [0.15, 0.2) is 5.11 Å². The lowest BCUT2D eigenvalue weighted by Crippen LogP contribution is -2.51. The number of rotatable bonds is 1. The van der Waals surface area contributed by atoms with Gasteiger partial charge in [-0.3, -0.25) is 4.79 Å². The fourth-order valence-electron chi connectivity index (χ4n) is 3.33. The lowest BCUT2D eigenvalue weighted by molar-refractivity contribution is 0.177. The van der Waals surface area contributed by atoms with Gasteiger partial charge < -0.3 is 14.8 Å². The molecule has 0 aliphatic carbocycles. The lowest BCUT2D eigenvalue weighted by Gasteiger charge is -2.43. The lowest BCUT2D eigenvalue weighted by atomic mass is 9.83. The number of nitrogens with one attached hydrogen (secondary N) is 1. The summed E-state index contributed by atoms with van der Waals surface area (Å²) in [5.74, 6) is 0.959. The van der Waals surface area contributed by atoms with Crippen LogP contribution >= 0.6 is 12.2 Å². The van der Waals surface area contributed by atoms with Gasteiger partial charge in [0, 0.05) is 43.9 Å². The Morgan fingerprint density at radius 3 is 3.05 bits per heavy atom. The molecule has 0 amide bonds. The SMILES string of the molecule is CCNC(=S)N1C[C@@H]2C[C@H](C1)c1cccc(=O)n1C2. The van der Waals surface area contributed by atoms with Gasteiger partial charge in [-0.25, -0.2) is 0 Å². The van der Waals surface area contributed by atoms with Crippen molar-refractivity contribution in [2.75, 3.05) is 19.6 Å². The number of hydrogen-bond donors (Lipinski definition) is 1. The summed E-state index contributed by atoms with van der Waals surface area (Å²) in [5.41, 5.74) is 1.31. The van der Waals surface area contributed by atoms with Gasteiger partial charge in [0.2, 0.25) is 0 Å². The third-order valence-electron chi connectivity index (χ3n) is 4.09. The van der Waals surface area contributed by atoms with E-state index in [1.54, 1.807) is 6.07 Å². The molecule has 4 nitrogen and oxygen atoms in total. The molecule has 0 spiro atoms. The smallest absolute Gasteiger partial charge is 0.250 e. The number of nitrogens with zero attached hydrogens (tertiary/aromatic N) is 2. The van der Waals surface area contributed by atoms with Gasteiger partial charge in [0.05, 0.1) is 0 Å². The molecule has 2 bridgehead atoms. The molecule has 1 aromatic heterocycles. The molecule has 0 aromatic carbocycles. The highest BCUT2D eigenvalue weighted by Gasteiger charge is 2.35. The third kappa shape index (κ3) is 2.27. The second kappa shape index (κ2) is 4.96. The molecule has 1 N–H and O–H groups in total. The highest BCUT2D eigenvalue weighted by Crippen LogP contribution is 2.34. The quantitative estimate of drug-likeness (QED) is 0.782. The zero-order valence-corrected chi connectivity index (χ0v) is 11.9. The molecule has 0 unspecified atom stereocenters. The van der Waals surface area contributed by atoms with Crippen molar-refractivity contribution in [1.29, 1.82) is 0 Å². The summed E-state index contributed by atoms with van der Waals surface area (Å²) in [7, 11) is 0. The topological polar surface area (TPSA) is 37.3 Å². The van der Waals surface area contributed by atoms with Crippen molar-refractivity contribution >= 4 is 17.3 Å². The van der Waals surface area contributed by atoms with E-state index >= 15 is 0 Å². The van der Waals surface area contributed by atoms with Crippen molar-refractivity contribution in [3.05, 3.63) is 34.2 Å². The fraction of sp³-hybridized carbons (Fsp3) is 0.571. The highest BCUT2D eigenvalue weighted by molar-refractivity contribution is 7.80. The summed E-state index contributed by atoms with van der Waals surface area (Å²) in [4.78, 5) is 14.2. The molecule has 102 valence electrons. The van der Waals surface area contributed by atoms with Crippen molar-refractivity contribution in [3.63, 3.8) is 0 Å². The third-order valence-corrected chi connectivity index (χ3v) is 4.50. The normalized spacial score (nSPS) is 24.8. The Labute approximate surface area is 118 Å². The zero-order valence-electron chi connectivity index (χ0n) is 11.1. The first-order valence-corrected chi connectivity index (χ1v) is 7.32. The van der Waals surface area contributed by atoms with Gasteiger partial charge in [0.1, 0.15) is 0 Å². The van der Waals surface area contributed by atoms with Gasteiger partial charge in [-0.15, -0.1) is 0 Å². The van der Waals surface area contributed by atoms with Gasteiger partial charge in [-0.05, 0) is 37.5 Å². The highest BCUT2D eigenvalue weighted by atomic mass is 32.1. The van der Waals surface area contributed by atoms with Crippen LogP contribution in [-0.4, -0.2) is 34.2 Å². The molecule has 0 radical (unpaired) electrons. The van der Waals surface area contributed by atoms with Crippen LogP contribution in [0.25, 0.3) is 0 Å². The second-order valence-electron chi connectivity index (χ2n) is 5.44. The van der Waals surface area contributed by atoms with Crippen LogP contribution in [0.2, 0.25) is 0 Å². The zero-order chi connectivity index (χ0) is 13.4. The molecule has 5 heteroatoms. The van der Waals surface area contributed by atoms with Crippen LogP contribution in [0.15, 0.2) is 23.0 Å². The number of fused-ring (bicyclic) bond motifs is 4. The predicted octanol–water partition coefficient (Wildman–Crippen LogP) is 1.16. The average Bonchev–Trinajstić information content (AvgIpc) is 2.40. The number of piperidine rings is 1. The van der Waals surface area contributed by atoms with Crippen molar-refractivity contribution in [3.8, 4) is 0 Å². The maximum Gasteiger partial charge on any atom is 0.250 e. The molecule has 3 rings (SSSR count). The summed E-state index contributed by atoms with van der Waals surface area (Å²) < 4.78 is 1.95. The maximum atomic E-state index is 11.9. The van der Waals surface area contributed by atoms with E-state index in [2.05, 4.69) is 23.2 Å². The fourth-order valence-corrected chi connectivity index (χ4v) is 3.62. The molecule has 2 atom stereocenters. The molecular weight excluding hydrogens is 258 g/mol. The van der Waals surface area contributed by atoms with Gasteiger partial charge in [0.25, 0.3) is 5.56 Å².